The van der Waals surface area contributed by atoms with Crippen LogP contribution in [-0.4, -0.2) is 0 Å². The average molecular weight is 1510 g/mol. The van der Waals surface area contributed by atoms with Crippen LogP contribution < -0.4 is 19.6 Å². The molecule has 18 rings (SSSR count). The van der Waals surface area contributed by atoms with Crippen LogP contribution in [0.5, 0.6) is 0 Å². The van der Waals surface area contributed by atoms with Gasteiger partial charge in [-0.25, -0.2) is 19.4 Å². The molecule has 0 amide bonds. The van der Waals surface area contributed by atoms with Crippen molar-refractivity contribution in [3.63, 3.8) is 0 Å². The van der Waals surface area contributed by atoms with Crippen LogP contribution in [-0.2, 0) is 10.8 Å². The molecule has 118 heavy (non-hydrogen) atoms. The van der Waals surface area contributed by atoms with Gasteiger partial charge in [-0.2, -0.15) is 21.0 Å². The van der Waals surface area contributed by atoms with Crippen LogP contribution in [0, 0.1) is 82.4 Å². The predicted octanol–water partition coefficient (Wildman–Crippen LogP) is 29.2. The number of benzene rings is 16. The van der Waals surface area contributed by atoms with Crippen molar-refractivity contribution in [2.45, 2.75) is 52.4 Å². The lowest BCUT2D eigenvalue weighted by molar-refractivity contribution is 0.0596. The Balaban J connectivity index is 1.12. The second-order valence-electron chi connectivity index (χ2n) is 31.9. The predicted molar refractivity (Wildman–Crippen MR) is 477 cm³/mol. The number of fused-ring (bicyclic) bond motifs is 14. The Kier molecular flexibility index (Phi) is 17.6. The first-order chi connectivity index (χ1) is 57.4. The first-order valence-corrected chi connectivity index (χ1v) is 38.8. The van der Waals surface area contributed by atoms with E-state index in [1.165, 1.54) is 0 Å². The van der Waals surface area contributed by atoms with Crippen molar-refractivity contribution in [2.75, 3.05) is 19.6 Å². The van der Waals surface area contributed by atoms with Gasteiger partial charge in [0.05, 0.1) is 95.6 Å². The zero-order valence-corrected chi connectivity index (χ0v) is 65.4. The summed E-state index contributed by atoms with van der Waals surface area (Å²) < 4.78 is 0. The zero-order valence-electron chi connectivity index (χ0n) is 65.4. The van der Waals surface area contributed by atoms with E-state index in [0.29, 0.717) is 45.0 Å². The molecule has 0 saturated carbocycles. The van der Waals surface area contributed by atoms with Gasteiger partial charge in [-0.15, -0.1) is 0 Å². The molecule has 0 atom stereocenters. The molecule has 12 nitrogen and oxygen atoms in total. The minimum atomic E-state index is -1.35. The highest BCUT2D eigenvalue weighted by Gasteiger charge is 2.72. The van der Waals surface area contributed by atoms with E-state index in [2.05, 4.69) is 226 Å². The molecule has 0 radical (unpaired) electrons. The highest BCUT2D eigenvalue weighted by Crippen LogP contribution is 2.78. The molecule has 0 spiro atoms. The quantitative estimate of drug-likeness (QED) is 0.105. The molecule has 0 heterocycles. The zero-order chi connectivity index (χ0) is 81.5. The third kappa shape index (κ3) is 11.2. The second-order valence-corrected chi connectivity index (χ2v) is 31.9. The standard InChI is InChI=1S/C106H70N12/c1-103(2,3)105(91-59-95(115(75-43-27-67(63-107)28-44-75)79-51-35-71(111-7)36-52-79)83-19-11-15-23-87(83)99(91)100-88-24-16-12-20-84(88)96(60-92(100)105)116(76-45-29-68(64-108)30-46-76)80-53-37-72(112-8)38-54-80)106(104(4,5)6)93-61-97(117(77-47-31-69(65-109)32-48-77)81-55-39-73(113-9)40-56-81)85-21-13-17-25-89(85)101(93)102-90-26-18-14-22-86(90)98(62-94(102)106)118(78-49-33-70(66-110)34-50-78)82-57-41-74(114-10)42-58-82/h11-62H,1-6H3. The molecule has 2 aliphatic carbocycles. The molecule has 0 bridgehead atoms. The Morgan fingerprint density at radius 3 is 0.551 bits per heavy atom. The van der Waals surface area contributed by atoms with Gasteiger partial charge in [0, 0.05) is 77.9 Å². The molecule has 0 unspecified atom stereocenters. The van der Waals surface area contributed by atoms with Gasteiger partial charge in [0.2, 0.25) is 0 Å². The summed E-state index contributed by atoms with van der Waals surface area (Å²) in [4.78, 5) is 24.7. The summed E-state index contributed by atoms with van der Waals surface area (Å²) in [5, 5.41) is 49.7. The molecule has 0 fully saturated rings. The van der Waals surface area contributed by atoms with E-state index in [1.54, 1.807) is 0 Å². The lowest BCUT2D eigenvalue weighted by Gasteiger charge is -2.62. The maximum absolute atomic E-state index is 10.5. The van der Waals surface area contributed by atoms with E-state index in [9.17, 15) is 21.0 Å². The van der Waals surface area contributed by atoms with Crippen molar-refractivity contribution in [1.82, 2.24) is 0 Å². The van der Waals surface area contributed by atoms with Crippen LogP contribution in [0.4, 0.5) is 91.0 Å². The molecule has 16 aromatic carbocycles. The molecule has 0 aliphatic heterocycles. The largest absolute Gasteiger partial charge is 0.310 e. The minimum absolute atomic E-state index is 0.477. The van der Waals surface area contributed by atoms with E-state index >= 15 is 0 Å². The molecule has 2 aliphatic rings. The number of nitriles is 4. The highest BCUT2D eigenvalue weighted by atomic mass is 15.2. The van der Waals surface area contributed by atoms with E-state index in [-0.39, 0.29) is 0 Å². The van der Waals surface area contributed by atoms with Crippen LogP contribution >= 0.6 is 0 Å². The average Bonchev–Trinajstić information content (AvgIpc) is 1.45. The van der Waals surface area contributed by atoms with Gasteiger partial charge < -0.3 is 19.6 Å². The summed E-state index contributed by atoms with van der Waals surface area (Å²) in [5.74, 6) is 0. The molecule has 16 aromatic rings. The smallest absolute Gasteiger partial charge is 0.187 e. The number of hydrogen-bond donors (Lipinski definition) is 0. The first kappa shape index (κ1) is 73.2. The SMILES string of the molecule is [C-]#[N+]c1ccc(N(c2ccc(C#N)cc2)c2cc3c(c4ccccc24)-c2c(cc(N(c4ccc(C#N)cc4)c4ccc([N+]#[C-])cc4)c4ccccc24)C3(C(C)(C)C)C2(C(C)(C)C)c3cc(N(c4ccc(C#N)cc4)c4ccc([N+]#[C-])cc4)c4ccccc4c3-c3c2cc(N(c2ccc(C#N)cc2)c2ccc([N+]#[C-])cc2)c2ccccc32)cc1. The normalized spacial score (nSPS) is 12.6. The summed E-state index contributed by atoms with van der Waals surface area (Å²) >= 11 is 0. The van der Waals surface area contributed by atoms with E-state index < -0.39 is 21.7 Å². The van der Waals surface area contributed by atoms with Crippen molar-refractivity contribution in [3.05, 3.63) is 406 Å². The van der Waals surface area contributed by atoms with Gasteiger partial charge in [0.25, 0.3) is 0 Å². The Labute approximate surface area is 685 Å². The summed E-state index contributed by atoms with van der Waals surface area (Å²) in [5.41, 5.74) is 17.1. The lowest BCUT2D eigenvalue weighted by atomic mass is 9.39. The number of rotatable bonds is 13. The lowest BCUT2D eigenvalue weighted by Crippen LogP contribution is -2.62. The molecule has 0 aromatic heterocycles. The maximum Gasteiger partial charge on any atom is 0.187 e. The molecule has 554 valence electrons. The second kappa shape index (κ2) is 28.4. The van der Waals surface area contributed by atoms with Crippen LogP contribution in [0.1, 0.15) is 86.1 Å². The summed E-state index contributed by atoms with van der Waals surface area (Å²) in [6.07, 6.45) is 0. The van der Waals surface area contributed by atoms with E-state index in [0.717, 1.165) is 156 Å². The molecule has 0 saturated heterocycles. The Bertz CT molecular complexity index is 6120. The van der Waals surface area contributed by atoms with E-state index in [4.69, 9.17) is 26.3 Å². The van der Waals surface area contributed by atoms with Gasteiger partial charge in [-0.3, -0.25) is 0 Å². The molecular formula is C106H70N12. The number of hydrogen-bond acceptors (Lipinski definition) is 8. The topological polar surface area (TPSA) is 126 Å². The van der Waals surface area contributed by atoms with Gasteiger partial charge in [-0.05, 0) is 247 Å². The van der Waals surface area contributed by atoms with Crippen LogP contribution in [0.25, 0.3) is 84.7 Å². The van der Waals surface area contributed by atoms with Crippen molar-refractivity contribution < 1.29 is 0 Å². The van der Waals surface area contributed by atoms with Crippen LogP contribution in [0.2, 0.25) is 0 Å². The van der Waals surface area contributed by atoms with Crippen LogP contribution in [0.15, 0.2) is 315 Å². The number of anilines is 12. The Morgan fingerprint density at radius 1 is 0.237 bits per heavy atom. The monoisotopic (exact) mass is 1510 g/mol. The van der Waals surface area contributed by atoms with Gasteiger partial charge in [0.1, 0.15) is 0 Å². The first-order valence-electron chi connectivity index (χ1n) is 38.8. The fourth-order valence-electron chi connectivity index (χ4n) is 19.4. The Morgan fingerprint density at radius 2 is 0.398 bits per heavy atom. The minimum Gasteiger partial charge on any atom is -0.310 e. The van der Waals surface area contributed by atoms with Gasteiger partial charge in [-0.1, -0.05) is 187 Å². The third-order valence-corrected chi connectivity index (χ3v) is 23.9. The van der Waals surface area contributed by atoms with Crippen molar-refractivity contribution >= 4 is 134 Å². The fourth-order valence-corrected chi connectivity index (χ4v) is 19.4. The highest BCUT2D eigenvalue weighted by molar-refractivity contribution is 6.22. The van der Waals surface area contributed by atoms with Crippen molar-refractivity contribution in [1.29, 1.82) is 21.0 Å². The maximum atomic E-state index is 10.5. The summed E-state index contributed by atoms with van der Waals surface area (Å²) in [7, 11) is 0. The molecule has 0 N–H and O–H groups in total. The van der Waals surface area contributed by atoms with Gasteiger partial charge >= 0.3 is 0 Å². The fraction of sp³-hybridized carbons (Fsp3) is 0.0943. The van der Waals surface area contributed by atoms with Gasteiger partial charge in [0.15, 0.2) is 22.7 Å². The van der Waals surface area contributed by atoms with E-state index in [1.807, 2.05) is 194 Å². The van der Waals surface area contributed by atoms with Crippen LogP contribution in [0.3, 0.4) is 0 Å². The summed E-state index contributed by atoms with van der Waals surface area (Å²) in [6, 6.07) is 116. The Hall–Kier alpha value is -16.3. The third-order valence-electron chi connectivity index (χ3n) is 23.9. The number of nitrogens with zero attached hydrogens (tertiary/aromatic N) is 12. The molecule has 12 heteroatoms. The molecular weight excluding hydrogens is 1440 g/mol. The van der Waals surface area contributed by atoms with Crippen molar-refractivity contribution in [3.8, 4) is 46.5 Å². The summed E-state index contributed by atoms with van der Waals surface area (Å²) in [6.45, 7) is 47.5. The van der Waals surface area contributed by atoms with Crippen molar-refractivity contribution in [2.24, 2.45) is 10.8 Å².